The van der Waals surface area contributed by atoms with E-state index in [0.29, 0.717) is 17.9 Å². The molecule has 1 atom stereocenters. The maximum Gasteiger partial charge on any atom is 0.0725 e. The molecule has 186 valence electrons. The Morgan fingerprint density at radius 1 is 0.861 bits per heavy atom. The monoisotopic (exact) mass is 480 g/mol. The van der Waals surface area contributed by atoms with Gasteiger partial charge in [0.2, 0.25) is 0 Å². The van der Waals surface area contributed by atoms with E-state index in [4.69, 9.17) is 4.98 Å². The Bertz CT molecular complexity index is 1310. The van der Waals surface area contributed by atoms with Crippen molar-refractivity contribution in [1.82, 2.24) is 20.3 Å². The molecule has 4 aromatic rings. The summed E-state index contributed by atoms with van der Waals surface area (Å²) in [6.07, 6.45) is 12.8. The summed E-state index contributed by atoms with van der Waals surface area (Å²) in [6, 6.07) is 13.5. The molecule has 0 amide bonds. The molecule has 6 heteroatoms. The van der Waals surface area contributed by atoms with Crippen LogP contribution in [0.3, 0.4) is 0 Å². The number of piperidine rings is 1. The minimum Gasteiger partial charge on any atom is -0.381 e. The predicted octanol–water partition coefficient (Wildman–Crippen LogP) is 6.40. The van der Waals surface area contributed by atoms with E-state index in [1.54, 1.807) is 0 Å². The van der Waals surface area contributed by atoms with Gasteiger partial charge in [0.05, 0.1) is 29.3 Å². The van der Waals surface area contributed by atoms with Crippen LogP contribution in [-0.4, -0.2) is 34.1 Å². The minimum atomic E-state index is 0.361. The van der Waals surface area contributed by atoms with E-state index in [1.165, 1.54) is 22.4 Å². The van der Waals surface area contributed by atoms with Gasteiger partial charge in [-0.15, -0.1) is 0 Å². The van der Waals surface area contributed by atoms with Gasteiger partial charge in [-0.3, -0.25) is 15.0 Å². The van der Waals surface area contributed by atoms with E-state index in [1.807, 2.05) is 37.1 Å². The molecule has 5 rings (SSSR count). The van der Waals surface area contributed by atoms with Crippen molar-refractivity contribution in [1.29, 1.82) is 0 Å². The molecule has 36 heavy (non-hydrogen) atoms. The molecular formula is C30H36N6. The third-order valence-electron chi connectivity index (χ3n) is 7.18. The normalized spacial score (nSPS) is 15.2. The Morgan fingerprint density at radius 2 is 1.61 bits per heavy atom. The summed E-state index contributed by atoms with van der Waals surface area (Å²) in [6.45, 7) is 8.85. The fraction of sp³-hybridized carbons (Fsp3) is 0.367. The van der Waals surface area contributed by atoms with E-state index in [-0.39, 0.29) is 0 Å². The number of pyridine rings is 3. The Kier molecular flexibility index (Phi) is 7.42. The van der Waals surface area contributed by atoms with Gasteiger partial charge in [-0.05, 0) is 85.1 Å². The number of anilines is 3. The molecule has 1 aromatic carbocycles. The van der Waals surface area contributed by atoms with Gasteiger partial charge in [-0.2, -0.15) is 0 Å². The van der Waals surface area contributed by atoms with Crippen LogP contribution in [0.5, 0.6) is 0 Å². The van der Waals surface area contributed by atoms with E-state index in [0.717, 1.165) is 54.6 Å². The maximum absolute atomic E-state index is 4.69. The number of nitrogens with one attached hydrogen (secondary N) is 3. The summed E-state index contributed by atoms with van der Waals surface area (Å²) < 4.78 is 0. The number of aromatic nitrogens is 3. The first-order chi connectivity index (χ1) is 17.6. The molecule has 0 saturated carbocycles. The largest absolute Gasteiger partial charge is 0.381 e. The van der Waals surface area contributed by atoms with Crippen LogP contribution in [0, 0.1) is 0 Å². The van der Waals surface area contributed by atoms with Crippen LogP contribution in [0.25, 0.3) is 10.9 Å². The zero-order valence-electron chi connectivity index (χ0n) is 21.5. The van der Waals surface area contributed by atoms with E-state index in [2.05, 4.69) is 77.0 Å². The molecule has 3 N–H and O–H groups in total. The van der Waals surface area contributed by atoms with Gasteiger partial charge in [-0.1, -0.05) is 32.9 Å². The molecule has 0 aliphatic carbocycles. The molecule has 1 aliphatic rings. The average Bonchev–Trinajstić information content (AvgIpc) is 2.90. The van der Waals surface area contributed by atoms with Crippen molar-refractivity contribution in [2.24, 2.45) is 0 Å². The van der Waals surface area contributed by atoms with Crippen LogP contribution in [-0.2, 0) is 6.42 Å². The zero-order valence-corrected chi connectivity index (χ0v) is 21.5. The van der Waals surface area contributed by atoms with E-state index >= 15 is 0 Å². The summed E-state index contributed by atoms with van der Waals surface area (Å²) in [4.78, 5) is 13.4. The third-order valence-corrected chi connectivity index (χ3v) is 7.18. The van der Waals surface area contributed by atoms with Crippen molar-refractivity contribution in [2.45, 2.75) is 57.9 Å². The van der Waals surface area contributed by atoms with Gasteiger partial charge in [0.1, 0.15) is 0 Å². The smallest absolute Gasteiger partial charge is 0.0725 e. The molecule has 1 aliphatic heterocycles. The maximum atomic E-state index is 4.69. The quantitative estimate of drug-likeness (QED) is 0.271. The van der Waals surface area contributed by atoms with Crippen LogP contribution in [0.1, 0.15) is 62.1 Å². The average molecular weight is 481 g/mol. The highest BCUT2D eigenvalue weighted by Crippen LogP contribution is 2.32. The highest BCUT2D eigenvalue weighted by Gasteiger charge is 2.17. The molecule has 0 bridgehead atoms. The van der Waals surface area contributed by atoms with Crippen LogP contribution in [0.2, 0.25) is 0 Å². The lowest BCUT2D eigenvalue weighted by atomic mass is 9.92. The number of benzene rings is 1. The van der Waals surface area contributed by atoms with Crippen LogP contribution < -0.4 is 16.0 Å². The van der Waals surface area contributed by atoms with Crippen molar-refractivity contribution in [2.75, 3.05) is 23.7 Å². The lowest BCUT2D eigenvalue weighted by Crippen LogP contribution is -2.35. The Morgan fingerprint density at radius 3 is 2.39 bits per heavy atom. The Balaban J connectivity index is 1.35. The fourth-order valence-electron chi connectivity index (χ4n) is 5.19. The lowest BCUT2D eigenvalue weighted by molar-refractivity contribution is 0.478. The lowest BCUT2D eigenvalue weighted by Gasteiger charge is -2.26. The first kappa shape index (κ1) is 24.2. The van der Waals surface area contributed by atoms with Gasteiger partial charge >= 0.3 is 0 Å². The predicted molar refractivity (Wildman–Crippen MR) is 149 cm³/mol. The molecule has 1 unspecified atom stereocenters. The second-order valence-electron chi connectivity index (χ2n) is 10.2. The summed E-state index contributed by atoms with van der Waals surface area (Å²) in [7, 11) is 0. The first-order valence-electron chi connectivity index (χ1n) is 13.1. The molecule has 1 fully saturated rings. The molecule has 0 spiro atoms. The van der Waals surface area contributed by atoms with Crippen molar-refractivity contribution < 1.29 is 0 Å². The summed E-state index contributed by atoms with van der Waals surface area (Å²) in [5.41, 5.74) is 8.13. The first-order valence-corrected chi connectivity index (χ1v) is 13.1. The fourth-order valence-corrected chi connectivity index (χ4v) is 5.19. The molecular weight excluding hydrogens is 444 g/mol. The standard InChI is InChI=1S/C30H36N6/c1-20(2)24-8-13-32-18-29(24)36-27-10-15-34-28-17-22(4-5-26(27)28)16-21(3)25-9-14-33-19-30(25)35-23-6-11-31-12-7-23/h4-5,8-10,13-15,17-21,23,31,35H,6-7,11-12,16H2,1-3H3,(H,34,36). The number of hydrogen-bond donors (Lipinski definition) is 3. The second kappa shape index (κ2) is 11.0. The highest BCUT2D eigenvalue weighted by molar-refractivity contribution is 5.93. The Hall–Kier alpha value is -3.51. The molecule has 1 saturated heterocycles. The van der Waals surface area contributed by atoms with Gasteiger partial charge in [0.15, 0.2) is 0 Å². The van der Waals surface area contributed by atoms with Crippen molar-refractivity contribution in [3.8, 4) is 0 Å². The van der Waals surface area contributed by atoms with Crippen LogP contribution >= 0.6 is 0 Å². The minimum absolute atomic E-state index is 0.361. The number of rotatable bonds is 8. The number of hydrogen-bond acceptors (Lipinski definition) is 6. The number of nitrogens with zero attached hydrogens (tertiary/aromatic N) is 3. The summed E-state index contributed by atoms with van der Waals surface area (Å²) in [5, 5.41) is 11.9. The van der Waals surface area contributed by atoms with E-state index in [9.17, 15) is 0 Å². The molecule has 4 heterocycles. The summed E-state index contributed by atoms with van der Waals surface area (Å²) >= 11 is 0. The second-order valence-corrected chi connectivity index (χ2v) is 10.2. The Labute approximate surface area is 214 Å². The van der Waals surface area contributed by atoms with Gasteiger partial charge in [-0.25, -0.2) is 0 Å². The van der Waals surface area contributed by atoms with Crippen LogP contribution in [0.15, 0.2) is 67.4 Å². The van der Waals surface area contributed by atoms with E-state index < -0.39 is 0 Å². The zero-order chi connectivity index (χ0) is 24.9. The SMILES string of the molecule is CC(C)c1ccncc1Nc1ccnc2cc(CC(C)c3ccncc3NC3CCNCC3)ccc12. The third kappa shape index (κ3) is 5.49. The molecule has 3 aromatic heterocycles. The topological polar surface area (TPSA) is 74.8 Å². The van der Waals surface area contributed by atoms with Crippen LogP contribution in [0.4, 0.5) is 17.1 Å². The molecule has 6 nitrogen and oxygen atoms in total. The van der Waals surface area contributed by atoms with Gasteiger partial charge in [0.25, 0.3) is 0 Å². The summed E-state index contributed by atoms with van der Waals surface area (Å²) in [5.74, 6) is 0.777. The van der Waals surface area contributed by atoms with Gasteiger partial charge in [0, 0.05) is 35.7 Å². The highest BCUT2D eigenvalue weighted by atomic mass is 15.0. The van der Waals surface area contributed by atoms with Gasteiger partial charge < -0.3 is 16.0 Å². The van der Waals surface area contributed by atoms with Crippen molar-refractivity contribution in [3.05, 3.63) is 84.1 Å². The van der Waals surface area contributed by atoms with Crippen molar-refractivity contribution >= 4 is 28.0 Å². The number of fused-ring (bicyclic) bond motifs is 1. The molecule has 0 radical (unpaired) electrons. The van der Waals surface area contributed by atoms with Crippen molar-refractivity contribution in [3.63, 3.8) is 0 Å².